The molecule has 26 heavy (non-hydrogen) atoms. The Hall–Kier alpha value is -1.67. The fourth-order valence-electron chi connectivity index (χ4n) is 3.14. The van der Waals surface area contributed by atoms with Gasteiger partial charge in [-0.3, -0.25) is 9.59 Å². The van der Waals surface area contributed by atoms with E-state index in [1.54, 1.807) is 4.90 Å². The molecular weight excluding hydrogens is 338 g/mol. The Labute approximate surface area is 155 Å². The molecule has 0 aliphatic carbocycles. The molecule has 2 N–H and O–H groups in total. The molecule has 148 valence electrons. The fourth-order valence-corrected chi connectivity index (χ4v) is 3.14. The van der Waals surface area contributed by atoms with Crippen LogP contribution in [-0.2, 0) is 19.1 Å². The third-order valence-corrected chi connectivity index (χ3v) is 4.80. The van der Waals surface area contributed by atoms with Crippen molar-refractivity contribution in [1.82, 2.24) is 15.5 Å². The maximum atomic E-state index is 12.8. The number of ketones is 1. The Balaban J connectivity index is 1.98. The molecule has 3 atom stereocenters. The Morgan fingerprint density at radius 1 is 1.23 bits per heavy atom. The lowest BCUT2D eigenvalue weighted by Crippen LogP contribution is -2.56. The molecule has 0 bridgehead atoms. The maximum Gasteiger partial charge on any atom is 0.318 e. The molecule has 3 unspecified atom stereocenters. The third-order valence-electron chi connectivity index (χ3n) is 4.80. The molecule has 8 nitrogen and oxygen atoms in total. The van der Waals surface area contributed by atoms with Gasteiger partial charge in [0.1, 0.15) is 18.7 Å². The number of urea groups is 1. The number of Topliss-reactive ketones (excluding diaryl/α,β-unsaturated/α-hetero) is 1. The van der Waals surface area contributed by atoms with E-state index in [0.29, 0.717) is 45.1 Å². The molecule has 0 aromatic heterocycles. The van der Waals surface area contributed by atoms with Crippen molar-refractivity contribution < 1.29 is 23.9 Å². The van der Waals surface area contributed by atoms with Crippen LogP contribution in [0.1, 0.15) is 40.0 Å². The van der Waals surface area contributed by atoms with Crippen LogP contribution in [0.5, 0.6) is 0 Å². The molecule has 2 aliphatic rings. The van der Waals surface area contributed by atoms with Crippen LogP contribution in [-0.4, -0.2) is 73.7 Å². The number of ether oxygens (including phenoxy) is 2. The Morgan fingerprint density at radius 2 is 1.92 bits per heavy atom. The van der Waals surface area contributed by atoms with Crippen LogP contribution in [0.15, 0.2) is 0 Å². The maximum absolute atomic E-state index is 12.8. The molecule has 0 radical (unpaired) electrons. The zero-order chi connectivity index (χ0) is 19.1. The number of nitrogens with one attached hydrogen (secondary N) is 2. The minimum absolute atomic E-state index is 0.0280. The van der Waals surface area contributed by atoms with Gasteiger partial charge in [-0.25, -0.2) is 4.79 Å². The predicted molar refractivity (Wildman–Crippen MR) is 95.8 cm³/mol. The highest BCUT2D eigenvalue weighted by molar-refractivity contribution is 5.94. The van der Waals surface area contributed by atoms with E-state index >= 15 is 0 Å². The minimum atomic E-state index is -0.668. The van der Waals surface area contributed by atoms with E-state index < -0.39 is 12.1 Å². The third kappa shape index (κ3) is 5.67. The summed E-state index contributed by atoms with van der Waals surface area (Å²) in [5.74, 6) is -0.0349. The van der Waals surface area contributed by atoms with Crippen molar-refractivity contribution in [3.63, 3.8) is 0 Å². The first kappa shape index (κ1) is 20.6. The summed E-state index contributed by atoms with van der Waals surface area (Å²) >= 11 is 0. The van der Waals surface area contributed by atoms with Crippen LogP contribution in [0, 0.1) is 5.92 Å². The van der Waals surface area contributed by atoms with Crippen molar-refractivity contribution in [2.24, 2.45) is 5.92 Å². The monoisotopic (exact) mass is 369 g/mol. The van der Waals surface area contributed by atoms with Crippen LogP contribution >= 0.6 is 0 Å². The lowest BCUT2D eigenvalue weighted by molar-refractivity contribution is -0.127. The summed E-state index contributed by atoms with van der Waals surface area (Å²) in [7, 11) is 0. The Kier molecular flexibility index (Phi) is 7.84. The minimum Gasteiger partial charge on any atom is -0.378 e. The van der Waals surface area contributed by atoms with Gasteiger partial charge in [-0.1, -0.05) is 20.8 Å². The second-order valence-electron chi connectivity index (χ2n) is 7.28. The van der Waals surface area contributed by atoms with Crippen molar-refractivity contribution in [2.45, 2.75) is 58.2 Å². The van der Waals surface area contributed by atoms with Gasteiger partial charge in [0.2, 0.25) is 5.91 Å². The standard InChI is InChI=1S/C18H31N3O5/c1-4-15-16(14(22)11-26-15)20-17(23)13(6-5-12(2)3)19-18(24)21-7-9-25-10-8-21/h12-13,15-16H,4-11H2,1-3H3,(H,19,24)(H,20,23). The van der Waals surface area contributed by atoms with Crippen LogP contribution in [0.4, 0.5) is 4.79 Å². The molecule has 2 rings (SSSR count). The molecule has 0 aromatic carbocycles. The average Bonchev–Trinajstić information content (AvgIpc) is 2.98. The number of morpholine rings is 1. The largest absolute Gasteiger partial charge is 0.378 e. The molecule has 8 heteroatoms. The molecule has 0 spiro atoms. The number of carbonyl (C=O) groups excluding carboxylic acids is 3. The lowest BCUT2D eigenvalue weighted by atomic mass is 10.0. The van der Waals surface area contributed by atoms with E-state index in [1.807, 2.05) is 6.92 Å². The molecule has 3 amide bonds. The molecule has 0 aromatic rings. The van der Waals surface area contributed by atoms with E-state index in [0.717, 1.165) is 6.42 Å². The number of amides is 3. The molecule has 0 saturated carbocycles. The molecule has 2 aliphatic heterocycles. The highest BCUT2D eigenvalue weighted by Gasteiger charge is 2.37. The lowest BCUT2D eigenvalue weighted by Gasteiger charge is -2.29. The summed E-state index contributed by atoms with van der Waals surface area (Å²) in [5.41, 5.74) is 0. The van der Waals surface area contributed by atoms with Gasteiger partial charge in [0, 0.05) is 13.1 Å². The first-order chi connectivity index (χ1) is 12.4. The van der Waals surface area contributed by atoms with E-state index in [1.165, 1.54) is 0 Å². The molecule has 2 saturated heterocycles. The van der Waals surface area contributed by atoms with Crippen molar-refractivity contribution in [1.29, 1.82) is 0 Å². The first-order valence-electron chi connectivity index (χ1n) is 9.50. The number of hydrogen-bond donors (Lipinski definition) is 2. The summed E-state index contributed by atoms with van der Waals surface area (Å²) < 4.78 is 10.7. The van der Waals surface area contributed by atoms with Crippen molar-refractivity contribution in [2.75, 3.05) is 32.9 Å². The van der Waals surface area contributed by atoms with E-state index in [-0.39, 0.29) is 30.4 Å². The predicted octanol–water partition coefficient (Wildman–Crippen LogP) is 0.696. The van der Waals surface area contributed by atoms with Crippen LogP contribution in [0.25, 0.3) is 0 Å². The molecular formula is C18H31N3O5. The normalized spacial score (nSPS) is 24.6. The highest BCUT2D eigenvalue weighted by Crippen LogP contribution is 2.15. The zero-order valence-electron chi connectivity index (χ0n) is 16.0. The number of rotatable bonds is 7. The van der Waals surface area contributed by atoms with Crippen molar-refractivity contribution in [3.05, 3.63) is 0 Å². The van der Waals surface area contributed by atoms with Crippen LogP contribution in [0.3, 0.4) is 0 Å². The van der Waals surface area contributed by atoms with Gasteiger partial charge >= 0.3 is 6.03 Å². The number of nitrogens with zero attached hydrogens (tertiary/aromatic N) is 1. The molecule has 2 heterocycles. The summed E-state index contributed by atoms with van der Waals surface area (Å²) in [4.78, 5) is 38.9. The smallest absolute Gasteiger partial charge is 0.318 e. The Bertz CT molecular complexity index is 505. The Morgan fingerprint density at radius 3 is 2.54 bits per heavy atom. The van der Waals surface area contributed by atoms with E-state index in [4.69, 9.17) is 9.47 Å². The highest BCUT2D eigenvalue weighted by atomic mass is 16.5. The topological polar surface area (TPSA) is 97.0 Å². The van der Waals surface area contributed by atoms with Gasteiger partial charge in [-0.2, -0.15) is 0 Å². The van der Waals surface area contributed by atoms with Gasteiger partial charge in [0.15, 0.2) is 5.78 Å². The summed E-state index contributed by atoms with van der Waals surface area (Å²) in [5, 5.41) is 5.62. The van der Waals surface area contributed by atoms with Gasteiger partial charge in [0.25, 0.3) is 0 Å². The van der Waals surface area contributed by atoms with Crippen LogP contribution < -0.4 is 10.6 Å². The van der Waals surface area contributed by atoms with E-state index in [9.17, 15) is 14.4 Å². The average molecular weight is 369 g/mol. The second-order valence-corrected chi connectivity index (χ2v) is 7.28. The van der Waals surface area contributed by atoms with E-state index in [2.05, 4.69) is 24.5 Å². The van der Waals surface area contributed by atoms with Gasteiger partial charge in [0.05, 0.1) is 19.3 Å². The quantitative estimate of drug-likeness (QED) is 0.688. The first-order valence-corrected chi connectivity index (χ1v) is 9.50. The van der Waals surface area contributed by atoms with Gasteiger partial charge in [-0.05, 0) is 25.2 Å². The van der Waals surface area contributed by atoms with Gasteiger partial charge < -0.3 is 25.0 Å². The SMILES string of the molecule is CCC1OCC(=O)C1NC(=O)C(CCC(C)C)NC(=O)N1CCOCC1. The van der Waals surface area contributed by atoms with Crippen molar-refractivity contribution >= 4 is 17.7 Å². The summed E-state index contributed by atoms with van der Waals surface area (Å²) in [6.07, 6.45) is 1.67. The number of carbonyl (C=O) groups is 3. The van der Waals surface area contributed by atoms with Gasteiger partial charge in [-0.15, -0.1) is 0 Å². The van der Waals surface area contributed by atoms with Crippen molar-refractivity contribution in [3.8, 4) is 0 Å². The molecule has 2 fully saturated rings. The second kappa shape index (κ2) is 9.87. The summed E-state index contributed by atoms with van der Waals surface area (Å²) in [6, 6.07) is -1.56. The summed E-state index contributed by atoms with van der Waals surface area (Å²) in [6.45, 7) is 8.11. The zero-order valence-corrected chi connectivity index (χ0v) is 16.0. The van der Waals surface area contributed by atoms with Crippen LogP contribution in [0.2, 0.25) is 0 Å². The fraction of sp³-hybridized carbons (Fsp3) is 0.833. The number of hydrogen-bond acceptors (Lipinski definition) is 5.